The molecule has 0 saturated heterocycles. The highest BCUT2D eigenvalue weighted by Gasteiger charge is 2.06. The lowest BCUT2D eigenvalue weighted by Crippen LogP contribution is -1.90. The van der Waals surface area contributed by atoms with Gasteiger partial charge < -0.3 is 0 Å². The van der Waals surface area contributed by atoms with Crippen LogP contribution in [0.5, 0.6) is 0 Å². The molecule has 0 unspecified atom stereocenters. The molecule has 0 radical (unpaired) electrons. The van der Waals surface area contributed by atoms with Crippen molar-refractivity contribution in [2.24, 2.45) is 4.99 Å². The van der Waals surface area contributed by atoms with Gasteiger partial charge in [0, 0.05) is 17.4 Å². The molecule has 1 aromatic carbocycles. The summed E-state index contributed by atoms with van der Waals surface area (Å²) in [5.74, 6) is 0. The molecule has 0 atom stereocenters. The van der Waals surface area contributed by atoms with Crippen molar-refractivity contribution >= 4 is 11.9 Å². The van der Waals surface area contributed by atoms with E-state index in [1.165, 1.54) is 11.1 Å². The number of aryl methyl sites for hydroxylation is 1. The Hall–Kier alpha value is -2.15. The minimum Gasteiger partial charge on any atom is -0.260 e. The maximum atomic E-state index is 4.51. The second-order valence-corrected chi connectivity index (χ2v) is 4.60. The third-order valence-corrected chi connectivity index (χ3v) is 2.90. The second-order valence-electron chi connectivity index (χ2n) is 4.60. The second kappa shape index (κ2) is 14.8. The van der Waals surface area contributed by atoms with Crippen molar-refractivity contribution in [2.75, 3.05) is 0 Å². The lowest BCUT2D eigenvalue weighted by Gasteiger charge is -2.10. The van der Waals surface area contributed by atoms with Crippen LogP contribution in [0.4, 0.5) is 0 Å². The van der Waals surface area contributed by atoms with Crippen molar-refractivity contribution in [1.29, 1.82) is 0 Å². The van der Waals surface area contributed by atoms with Gasteiger partial charge in [0.1, 0.15) is 0 Å². The Balaban J connectivity index is 0. The van der Waals surface area contributed by atoms with E-state index in [9.17, 15) is 0 Å². The van der Waals surface area contributed by atoms with Gasteiger partial charge in [-0.3, -0.25) is 4.99 Å². The van der Waals surface area contributed by atoms with Crippen LogP contribution in [0.3, 0.4) is 0 Å². The summed E-state index contributed by atoms with van der Waals surface area (Å²) in [5.41, 5.74) is 5.62. The molecule has 1 rings (SSSR count). The number of hydrogen-bond acceptors (Lipinski definition) is 1. The highest BCUT2D eigenvalue weighted by atomic mass is 14.7. The Kier molecular flexibility index (Phi) is 14.9. The van der Waals surface area contributed by atoms with Crippen LogP contribution in [0.25, 0.3) is 5.70 Å². The molecule has 1 nitrogen and oxygen atoms in total. The van der Waals surface area contributed by atoms with Crippen molar-refractivity contribution in [3.8, 4) is 0 Å². The summed E-state index contributed by atoms with van der Waals surface area (Å²) in [6.45, 7) is 21.3. The minimum atomic E-state index is 0.975. The number of aliphatic imine (C=N–C) groups is 1. The first-order valence-electron chi connectivity index (χ1n) is 8.18. The van der Waals surface area contributed by atoms with Crippen LogP contribution in [-0.4, -0.2) is 6.21 Å². The topological polar surface area (TPSA) is 12.4 Å². The molecular weight excluding hydrogens is 278 g/mol. The maximum Gasteiger partial charge on any atom is 0.0772 e. The summed E-state index contributed by atoms with van der Waals surface area (Å²) in [4.78, 5) is 4.51. The van der Waals surface area contributed by atoms with Gasteiger partial charge in [-0.1, -0.05) is 68.5 Å². The molecule has 0 heterocycles. The zero-order chi connectivity index (χ0) is 18.3. The summed E-state index contributed by atoms with van der Waals surface area (Å²) in [6.07, 6.45) is 7.52. The Morgan fingerprint density at radius 3 is 1.83 bits per heavy atom. The zero-order valence-corrected chi connectivity index (χ0v) is 16.0. The van der Waals surface area contributed by atoms with Crippen molar-refractivity contribution < 1.29 is 0 Å². The first-order valence-corrected chi connectivity index (χ1v) is 8.18. The molecule has 1 aromatic rings. The lowest BCUT2D eigenvalue weighted by molar-refractivity contribution is 1.35. The Labute approximate surface area is 143 Å². The van der Waals surface area contributed by atoms with Gasteiger partial charge in [0.05, 0.1) is 5.70 Å². The van der Waals surface area contributed by atoms with Crippen LogP contribution < -0.4 is 0 Å². The summed E-state index contributed by atoms with van der Waals surface area (Å²) < 4.78 is 0. The fourth-order valence-electron chi connectivity index (χ4n) is 1.74. The maximum absolute atomic E-state index is 4.51. The molecule has 1 heteroatoms. The van der Waals surface area contributed by atoms with Crippen LogP contribution in [0, 0.1) is 6.92 Å². The molecule has 0 saturated carbocycles. The number of nitrogens with zero attached hydrogens (tertiary/aromatic N) is 1. The fourth-order valence-corrected chi connectivity index (χ4v) is 1.74. The Morgan fingerprint density at radius 2 is 1.48 bits per heavy atom. The van der Waals surface area contributed by atoms with E-state index < -0.39 is 0 Å². The van der Waals surface area contributed by atoms with Gasteiger partial charge in [0.25, 0.3) is 0 Å². The zero-order valence-electron chi connectivity index (χ0n) is 16.0. The van der Waals surface area contributed by atoms with Gasteiger partial charge in [0.15, 0.2) is 0 Å². The molecule has 0 amide bonds. The number of rotatable bonds is 4. The molecule has 0 bridgehead atoms. The van der Waals surface area contributed by atoms with Crippen molar-refractivity contribution in [3.05, 3.63) is 77.9 Å². The smallest absolute Gasteiger partial charge is 0.0772 e. The molecule has 0 aromatic heterocycles. The fraction of sp³-hybridized carbons (Fsp3) is 0.318. The summed E-state index contributed by atoms with van der Waals surface area (Å²) in [7, 11) is 0. The van der Waals surface area contributed by atoms with E-state index in [1.807, 2.05) is 46.9 Å². The van der Waals surface area contributed by atoms with Crippen molar-refractivity contribution in [1.82, 2.24) is 0 Å². The molecule has 23 heavy (non-hydrogen) atoms. The van der Waals surface area contributed by atoms with Gasteiger partial charge in [-0.05, 0) is 40.2 Å². The molecular formula is C22H33N. The van der Waals surface area contributed by atoms with Gasteiger partial charge in [0.2, 0.25) is 0 Å². The molecule has 0 aliphatic carbocycles. The van der Waals surface area contributed by atoms with Crippen LogP contribution in [-0.2, 0) is 0 Å². The van der Waals surface area contributed by atoms with Crippen LogP contribution in [0.15, 0.2) is 71.8 Å². The highest BCUT2D eigenvalue weighted by molar-refractivity contribution is 5.79. The van der Waals surface area contributed by atoms with E-state index in [4.69, 9.17) is 0 Å². The monoisotopic (exact) mass is 311 g/mol. The standard InChI is InChI=1S/C17H21N.C3H6.C2H6/c1-6-14(5)16(7-2)17(18-8-3)15-11-9-13(4)10-12-15;1-3-2;1-2/h6-12H,2H2,1,3-5H3;3H,1H2,2H3;1-2H3/b14-6+,17-16-,18-8?;;. The number of allylic oxidation sites excluding steroid dienone is 5. The lowest BCUT2D eigenvalue weighted by atomic mass is 10.00. The van der Waals surface area contributed by atoms with Gasteiger partial charge >= 0.3 is 0 Å². The average Bonchev–Trinajstić information content (AvgIpc) is 2.58. The minimum absolute atomic E-state index is 0.975. The molecule has 0 fully saturated rings. The van der Waals surface area contributed by atoms with Gasteiger partial charge in [-0.15, -0.1) is 6.58 Å². The Morgan fingerprint density at radius 1 is 1.00 bits per heavy atom. The number of hydrogen-bond donors (Lipinski definition) is 0. The third kappa shape index (κ3) is 8.77. The van der Waals surface area contributed by atoms with Crippen LogP contribution in [0.1, 0.15) is 52.7 Å². The predicted molar refractivity (Wildman–Crippen MR) is 109 cm³/mol. The van der Waals surface area contributed by atoms with E-state index in [1.54, 1.807) is 6.08 Å². The van der Waals surface area contributed by atoms with E-state index in [-0.39, 0.29) is 0 Å². The first kappa shape index (κ1) is 23.1. The molecule has 126 valence electrons. The van der Waals surface area contributed by atoms with Gasteiger partial charge in [-0.25, -0.2) is 0 Å². The summed E-state index contributed by atoms with van der Waals surface area (Å²) in [5, 5.41) is 0. The molecule has 0 N–H and O–H groups in total. The predicted octanol–water partition coefficient (Wildman–Crippen LogP) is 7.17. The van der Waals surface area contributed by atoms with Crippen LogP contribution >= 0.6 is 0 Å². The van der Waals surface area contributed by atoms with Gasteiger partial charge in [-0.2, -0.15) is 0 Å². The molecule has 0 spiro atoms. The summed E-state index contributed by atoms with van der Waals surface area (Å²) in [6, 6.07) is 8.41. The third-order valence-electron chi connectivity index (χ3n) is 2.90. The normalized spacial score (nSPS) is 11.5. The molecule has 0 aliphatic rings. The SMILES string of the molecule is C=CC.C=CC(=C(/N=CC)c1ccc(C)cc1)/C(C)=C/C.CC. The summed E-state index contributed by atoms with van der Waals surface area (Å²) >= 11 is 0. The first-order chi connectivity index (χ1) is 11.0. The van der Waals surface area contributed by atoms with E-state index in [0.717, 1.165) is 16.8 Å². The number of benzene rings is 1. The molecule has 0 aliphatic heterocycles. The van der Waals surface area contributed by atoms with Crippen molar-refractivity contribution in [3.63, 3.8) is 0 Å². The quantitative estimate of drug-likeness (QED) is 0.317. The largest absolute Gasteiger partial charge is 0.260 e. The Bertz CT molecular complexity index is 540. The van der Waals surface area contributed by atoms with Crippen molar-refractivity contribution in [2.45, 2.75) is 48.5 Å². The highest BCUT2D eigenvalue weighted by Crippen LogP contribution is 2.26. The van der Waals surface area contributed by atoms with E-state index in [2.05, 4.69) is 62.3 Å². The van der Waals surface area contributed by atoms with E-state index in [0.29, 0.717) is 0 Å². The van der Waals surface area contributed by atoms with E-state index >= 15 is 0 Å². The van der Waals surface area contributed by atoms with Crippen LogP contribution in [0.2, 0.25) is 0 Å². The average molecular weight is 312 g/mol.